The first-order valence-corrected chi connectivity index (χ1v) is 6.13. The molecule has 2 aliphatic carbocycles. The van der Waals surface area contributed by atoms with Gasteiger partial charge < -0.3 is 0 Å². The van der Waals surface area contributed by atoms with Crippen molar-refractivity contribution >= 4 is 5.78 Å². The number of rotatable bonds is 0. The highest BCUT2D eigenvalue weighted by molar-refractivity contribution is 5.93. The van der Waals surface area contributed by atoms with Gasteiger partial charge in [0.2, 0.25) is 0 Å². The predicted molar refractivity (Wildman–Crippen MR) is 67.2 cm³/mol. The lowest BCUT2D eigenvalue weighted by Crippen LogP contribution is -2.44. The van der Waals surface area contributed by atoms with Gasteiger partial charge in [-0.2, -0.15) is 0 Å². The zero-order valence-electron chi connectivity index (χ0n) is 9.60. The first-order chi connectivity index (χ1) is 8.36. The maximum absolute atomic E-state index is 11.8. The van der Waals surface area contributed by atoms with Crippen molar-refractivity contribution in [2.24, 2.45) is 17.8 Å². The highest BCUT2D eigenvalue weighted by Crippen LogP contribution is 2.42. The molecule has 1 aromatic carbocycles. The van der Waals surface area contributed by atoms with Crippen LogP contribution < -0.4 is 0 Å². The molecule has 0 saturated heterocycles. The molecule has 3 atom stereocenters. The molecule has 0 heterocycles. The molecule has 1 saturated carbocycles. The number of fused-ring (bicyclic) bond motifs is 2. The number of Topliss-reactive ketones (excluding diaryl/α,β-unsaturated/α-hetero) is 1. The Bertz CT molecular complexity index is 515. The van der Waals surface area contributed by atoms with E-state index in [-0.39, 0.29) is 17.8 Å². The molecule has 3 rings (SSSR count). The third-order valence-electron chi connectivity index (χ3n) is 3.66. The number of hydrogen-bond acceptors (Lipinski definition) is 1. The monoisotopic (exact) mass is 222 g/mol. The third kappa shape index (κ3) is 1.80. The van der Waals surface area contributed by atoms with E-state index in [0.29, 0.717) is 5.78 Å². The van der Waals surface area contributed by atoms with Gasteiger partial charge >= 0.3 is 0 Å². The van der Waals surface area contributed by atoms with Crippen molar-refractivity contribution in [2.45, 2.75) is 12.8 Å². The Labute approximate surface area is 102 Å². The third-order valence-corrected chi connectivity index (χ3v) is 3.66. The molecule has 0 N–H and O–H groups in total. The van der Waals surface area contributed by atoms with Gasteiger partial charge in [0.25, 0.3) is 0 Å². The molecule has 0 aliphatic heterocycles. The highest BCUT2D eigenvalue weighted by Gasteiger charge is 2.47. The van der Waals surface area contributed by atoms with Gasteiger partial charge in [-0.25, -0.2) is 0 Å². The summed E-state index contributed by atoms with van der Waals surface area (Å²) in [5, 5.41) is 0. The van der Waals surface area contributed by atoms with Gasteiger partial charge in [0.15, 0.2) is 0 Å². The lowest BCUT2D eigenvalue weighted by atomic mass is 9.63. The van der Waals surface area contributed by atoms with Gasteiger partial charge in [0.1, 0.15) is 5.78 Å². The molecule has 0 amide bonds. The topological polar surface area (TPSA) is 17.1 Å². The fourth-order valence-corrected chi connectivity index (χ4v) is 2.67. The number of carbonyl (C=O) groups is 1. The molecule has 0 aromatic heterocycles. The zero-order valence-corrected chi connectivity index (χ0v) is 9.60. The van der Waals surface area contributed by atoms with E-state index in [9.17, 15) is 4.79 Å². The molecule has 0 radical (unpaired) electrons. The van der Waals surface area contributed by atoms with E-state index in [1.54, 1.807) is 0 Å². The van der Waals surface area contributed by atoms with Gasteiger partial charge in [0.05, 0.1) is 5.92 Å². The molecule has 0 spiro atoms. The Morgan fingerprint density at radius 2 is 2.00 bits per heavy atom. The average molecular weight is 222 g/mol. The second kappa shape index (κ2) is 4.22. The van der Waals surface area contributed by atoms with E-state index >= 15 is 0 Å². The minimum Gasteiger partial charge on any atom is -0.299 e. The van der Waals surface area contributed by atoms with Crippen LogP contribution in [0, 0.1) is 29.6 Å². The number of benzene rings is 1. The number of carbonyl (C=O) groups excluding carboxylic acids is 1. The summed E-state index contributed by atoms with van der Waals surface area (Å²) >= 11 is 0. The molecular formula is C16H14O. The summed E-state index contributed by atoms with van der Waals surface area (Å²) in [6.45, 7) is 0. The fourth-order valence-electron chi connectivity index (χ4n) is 2.67. The zero-order chi connectivity index (χ0) is 11.7. The van der Waals surface area contributed by atoms with Crippen molar-refractivity contribution in [1.82, 2.24) is 0 Å². The van der Waals surface area contributed by atoms with E-state index in [1.807, 2.05) is 30.3 Å². The normalized spacial score (nSPS) is 29.9. The molecule has 2 bridgehead atoms. The summed E-state index contributed by atoms with van der Waals surface area (Å²) in [7, 11) is 0. The number of allylic oxidation sites excluding steroid dienone is 2. The highest BCUT2D eigenvalue weighted by atomic mass is 16.1. The van der Waals surface area contributed by atoms with Crippen molar-refractivity contribution < 1.29 is 4.79 Å². The summed E-state index contributed by atoms with van der Waals surface area (Å²) in [5.74, 6) is 7.37. The maximum Gasteiger partial charge on any atom is 0.145 e. The predicted octanol–water partition coefficient (Wildman–Crippen LogP) is 2.82. The second-order valence-corrected chi connectivity index (χ2v) is 4.70. The smallest absolute Gasteiger partial charge is 0.145 e. The van der Waals surface area contributed by atoms with E-state index < -0.39 is 0 Å². The second-order valence-electron chi connectivity index (χ2n) is 4.70. The lowest BCUT2D eigenvalue weighted by molar-refractivity contribution is -0.136. The van der Waals surface area contributed by atoms with Crippen LogP contribution in [0.5, 0.6) is 0 Å². The first-order valence-electron chi connectivity index (χ1n) is 6.13. The van der Waals surface area contributed by atoms with E-state index in [0.717, 1.165) is 18.4 Å². The molecule has 84 valence electrons. The van der Waals surface area contributed by atoms with Crippen molar-refractivity contribution in [3.05, 3.63) is 48.0 Å². The molecule has 1 nitrogen and oxygen atoms in total. The number of ketones is 1. The molecule has 1 aromatic rings. The summed E-state index contributed by atoms with van der Waals surface area (Å²) < 4.78 is 0. The fraction of sp³-hybridized carbons (Fsp3) is 0.312. The largest absolute Gasteiger partial charge is 0.299 e. The Morgan fingerprint density at radius 3 is 2.82 bits per heavy atom. The van der Waals surface area contributed by atoms with Crippen LogP contribution in [-0.2, 0) is 4.79 Å². The lowest BCUT2D eigenvalue weighted by Gasteiger charge is -2.36. The molecule has 1 fully saturated rings. The SMILES string of the molecule is O=C1[C@H]2CCC=C[C@@H]1[C@@H]2C#Cc1ccccc1. The molecule has 1 heteroatoms. The average Bonchev–Trinajstić information content (AvgIpc) is 2.70. The minimum absolute atomic E-state index is 0.0683. The first kappa shape index (κ1) is 10.4. The molecular weight excluding hydrogens is 208 g/mol. The Balaban J connectivity index is 1.82. The van der Waals surface area contributed by atoms with Crippen LogP contribution in [0.1, 0.15) is 18.4 Å². The molecule has 0 unspecified atom stereocenters. The van der Waals surface area contributed by atoms with Crippen LogP contribution >= 0.6 is 0 Å². The van der Waals surface area contributed by atoms with Gasteiger partial charge in [-0.15, -0.1) is 0 Å². The summed E-state index contributed by atoms with van der Waals surface area (Å²) in [4.78, 5) is 11.8. The van der Waals surface area contributed by atoms with Crippen LogP contribution in [-0.4, -0.2) is 5.78 Å². The Morgan fingerprint density at radius 1 is 1.18 bits per heavy atom. The van der Waals surface area contributed by atoms with E-state index in [1.165, 1.54) is 0 Å². The van der Waals surface area contributed by atoms with Gasteiger partial charge in [-0.1, -0.05) is 42.2 Å². The maximum atomic E-state index is 11.8. The summed E-state index contributed by atoms with van der Waals surface area (Å²) in [6, 6.07) is 9.98. The van der Waals surface area contributed by atoms with Crippen molar-refractivity contribution in [2.75, 3.05) is 0 Å². The Hall–Kier alpha value is -1.81. The van der Waals surface area contributed by atoms with Crippen molar-refractivity contribution in [3.63, 3.8) is 0 Å². The van der Waals surface area contributed by atoms with E-state index in [2.05, 4.69) is 24.0 Å². The van der Waals surface area contributed by atoms with Crippen molar-refractivity contribution in [1.29, 1.82) is 0 Å². The standard InChI is InChI=1S/C16H14O/c17-16-14-8-4-5-9-15(16)13(14)11-10-12-6-2-1-3-7-12/h1-4,6-8,13-15H,5,9H2/t13-,14+,15-/m0/s1. The van der Waals surface area contributed by atoms with Gasteiger partial charge in [0, 0.05) is 17.4 Å². The molecule has 2 aliphatic rings. The van der Waals surface area contributed by atoms with Crippen LogP contribution in [0.3, 0.4) is 0 Å². The van der Waals surface area contributed by atoms with Crippen LogP contribution in [0.4, 0.5) is 0 Å². The quantitative estimate of drug-likeness (QED) is 0.487. The van der Waals surface area contributed by atoms with Crippen LogP contribution in [0.2, 0.25) is 0 Å². The van der Waals surface area contributed by atoms with E-state index in [4.69, 9.17) is 0 Å². The minimum atomic E-state index is 0.0683. The summed E-state index contributed by atoms with van der Waals surface area (Å²) in [5.41, 5.74) is 1.03. The Kier molecular flexibility index (Phi) is 2.57. The summed E-state index contributed by atoms with van der Waals surface area (Å²) in [6.07, 6.45) is 6.18. The van der Waals surface area contributed by atoms with Gasteiger partial charge in [-0.05, 0) is 25.0 Å². The van der Waals surface area contributed by atoms with Gasteiger partial charge in [-0.3, -0.25) is 4.79 Å². The van der Waals surface area contributed by atoms with Crippen LogP contribution in [0.25, 0.3) is 0 Å². The van der Waals surface area contributed by atoms with Crippen molar-refractivity contribution in [3.8, 4) is 11.8 Å². The molecule has 17 heavy (non-hydrogen) atoms. The van der Waals surface area contributed by atoms with Crippen LogP contribution in [0.15, 0.2) is 42.5 Å². The number of hydrogen-bond donors (Lipinski definition) is 0.